The van der Waals surface area contributed by atoms with Gasteiger partial charge >= 0.3 is 0 Å². The van der Waals surface area contributed by atoms with E-state index in [0.29, 0.717) is 36.3 Å². The first-order valence-corrected chi connectivity index (χ1v) is 7.31. The lowest BCUT2D eigenvalue weighted by molar-refractivity contribution is -0.121. The third-order valence-electron chi connectivity index (χ3n) is 4.06. The monoisotopic (exact) mass is 280 g/mol. The standard InChI is InChI=1S/C15H24N2O3/c1-9(2)12-14(19-3)17-13(15(16-12)20-4)10-6-5-7-11(18)8-10/h9-10,12-13H,5-8H2,1-4H3/t10-,12+,13-/m0/s1. The van der Waals surface area contributed by atoms with Gasteiger partial charge in [-0.3, -0.25) is 4.79 Å². The number of Topliss-reactive ketones (excluding diaryl/α,β-unsaturated/α-hetero) is 1. The van der Waals surface area contributed by atoms with Gasteiger partial charge in [-0.15, -0.1) is 0 Å². The fourth-order valence-corrected chi connectivity index (χ4v) is 2.95. The van der Waals surface area contributed by atoms with Crippen molar-refractivity contribution in [3.05, 3.63) is 0 Å². The molecule has 0 amide bonds. The fourth-order valence-electron chi connectivity index (χ4n) is 2.95. The molecule has 0 radical (unpaired) electrons. The highest BCUT2D eigenvalue weighted by atomic mass is 16.5. The molecule has 1 aliphatic carbocycles. The molecule has 1 saturated carbocycles. The number of aliphatic imine (C=N–C) groups is 2. The van der Waals surface area contributed by atoms with Crippen LogP contribution >= 0.6 is 0 Å². The zero-order valence-corrected chi connectivity index (χ0v) is 12.8. The number of carbonyl (C=O) groups is 1. The predicted molar refractivity (Wildman–Crippen MR) is 78.3 cm³/mol. The number of methoxy groups -OCH3 is 2. The Morgan fingerprint density at radius 3 is 2.40 bits per heavy atom. The molecular weight excluding hydrogens is 256 g/mol. The van der Waals surface area contributed by atoms with E-state index in [1.807, 2.05) is 0 Å². The average Bonchev–Trinajstić information content (AvgIpc) is 2.45. The van der Waals surface area contributed by atoms with E-state index < -0.39 is 0 Å². The van der Waals surface area contributed by atoms with Gasteiger partial charge in [-0.1, -0.05) is 13.8 Å². The molecule has 0 saturated heterocycles. The highest BCUT2D eigenvalue weighted by molar-refractivity contribution is 5.94. The van der Waals surface area contributed by atoms with Gasteiger partial charge in [-0.25, -0.2) is 9.98 Å². The molecule has 20 heavy (non-hydrogen) atoms. The molecule has 0 N–H and O–H groups in total. The Bertz CT molecular complexity index is 429. The van der Waals surface area contributed by atoms with Crippen molar-refractivity contribution in [2.45, 2.75) is 51.6 Å². The summed E-state index contributed by atoms with van der Waals surface area (Å²) in [6.07, 6.45) is 3.19. The minimum absolute atomic E-state index is 0.0921. The number of ketones is 1. The Balaban J connectivity index is 2.25. The first-order chi connectivity index (χ1) is 9.56. The zero-order chi connectivity index (χ0) is 14.7. The summed E-state index contributed by atoms with van der Waals surface area (Å²) in [5.41, 5.74) is 0. The second kappa shape index (κ2) is 6.37. The van der Waals surface area contributed by atoms with Crippen molar-refractivity contribution in [1.82, 2.24) is 0 Å². The summed E-state index contributed by atoms with van der Waals surface area (Å²) in [6.45, 7) is 4.17. The SMILES string of the molecule is COC1=N[C@H](C(C)C)C(OC)=N[C@H]1[C@H]1CCCC(=O)C1. The molecule has 0 aromatic rings. The fraction of sp³-hybridized carbons (Fsp3) is 0.800. The van der Waals surface area contributed by atoms with Gasteiger partial charge in [0.15, 0.2) is 0 Å². The van der Waals surface area contributed by atoms with Crippen LogP contribution in [0.1, 0.15) is 39.5 Å². The van der Waals surface area contributed by atoms with E-state index in [-0.39, 0.29) is 18.0 Å². The summed E-state index contributed by atoms with van der Waals surface area (Å²) in [4.78, 5) is 21.0. The Hall–Kier alpha value is -1.39. The molecule has 5 nitrogen and oxygen atoms in total. The molecule has 0 spiro atoms. The minimum Gasteiger partial charge on any atom is -0.483 e. The number of rotatable bonds is 2. The van der Waals surface area contributed by atoms with Gasteiger partial charge in [0.2, 0.25) is 11.8 Å². The molecule has 5 heteroatoms. The second-order valence-electron chi connectivity index (χ2n) is 5.87. The Kier molecular flexibility index (Phi) is 4.78. The molecule has 0 bridgehead atoms. The zero-order valence-electron chi connectivity index (χ0n) is 12.8. The van der Waals surface area contributed by atoms with Crippen LogP contribution in [-0.2, 0) is 14.3 Å². The Labute approximate surface area is 120 Å². The van der Waals surface area contributed by atoms with Crippen LogP contribution in [0.2, 0.25) is 0 Å². The second-order valence-corrected chi connectivity index (χ2v) is 5.87. The Morgan fingerprint density at radius 1 is 1.15 bits per heavy atom. The average molecular weight is 280 g/mol. The molecule has 3 atom stereocenters. The first-order valence-electron chi connectivity index (χ1n) is 7.31. The molecule has 1 heterocycles. The van der Waals surface area contributed by atoms with Crippen molar-refractivity contribution >= 4 is 17.6 Å². The van der Waals surface area contributed by atoms with Gasteiger partial charge < -0.3 is 9.47 Å². The maximum atomic E-state index is 11.7. The number of carbonyl (C=O) groups excluding carboxylic acids is 1. The molecule has 1 aliphatic heterocycles. The first kappa shape index (κ1) is 15.0. The molecule has 2 aliphatic rings. The topological polar surface area (TPSA) is 60.2 Å². The maximum Gasteiger partial charge on any atom is 0.209 e. The number of hydrogen-bond acceptors (Lipinski definition) is 5. The van der Waals surface area contributed by atoms with Crippen LogP contribution < -0.4 is 0 Å². The summed E-state index contributed by atoms with van der Waals surface area (Å²) >= 11 is 0. The van der Waals surface area contributed by atoms with Gasteiger partial charge in [-0.05, 0) is 24.7 Å². The van der Waals surface area contributed by atoms with Crippen molar-refractivity contribution in [3.63, 3.8) is 0 Å². The summed E-state index contributed by atoms with van der Waals surface area (Å²) in [5.74, 6) is 2.10. The van der Waals surface area contributed by atoms with Crippen molar-refractivity contribution in [2.75, 3.05) is 14.2 Å². The summed E-state index contributed by atoms with van der Waals surface area (Å²) in [5, 5.41) is 0. The van der Waals surface area contributed by atoms with Crippen LogP contribution in [0.15, 0.2) is 9.98 Å². The summed E-state index contributed by atoms with van der Waals surface area (Å²) < 4.78 is 10.8. The van der Waals surface area contributed by atoms with Crippen LogP contribution in [0.4, 0.5) is 0 Å². The van der Waals surface area contributed by atoms with Crippen LogP contribution in [0, 0.1) is 11.8 Å². The molecule has 0 aromatic carbocycles. The van der Waals surface area contributed by atoms with E-state index in [1.54, 1.807) is 14.2 Å². The molecule has 1 fully saturated rings. The largest absolute Gasteiger partial charge is 0.483 e. The van der Waals surface area contributed by atoms with Crippen LogP contribution in [-0.4, -0.2) is 43.9 Å². The van der Waals surface area contributed by atoms with Crippen molar-refractivity contribution in [2.24, 2.45) is 21.8 Å². The highest BCUT2D eigenvalue weighted by Gasteiger charge is 2.37. The maximum absolute atomic E-state index is 11.7. The molecular formula is C15H24N2O3. The highest BCUT2D eigenvalue weighted by Crippen LogP contribution is 2.30. The van der Waals surface area contributed by atoms with E-state index in [2.05, 4.69) is 18.8 Å². The van der Waals surface area contributed by atoms with Crippen LogP contribution in [0.5, 0.6) is 0 Å². The van der Waals surface area contributed by atoms with E-state index in [4.69, 9.17) is 14.5 Å². The lowest BCUT2D eigenvalue weighted by Crippen LogP contribution is -2.42. The van der Waals surface area contributed by atoms with Crippen LogP contribution in [0.25, 0.3) is 0 Å². The van der Waals surface area contributed by atoms with Crippen LogP contribution in [0.3, 0.4) is 0 Å². The molecule has 112 valence electrons. The van der Waals surface area contributed by atoms with Gasteiger partial charge in [-0.2, -0.15) is 0 Å². The summed E-state index contributed by atoms with van der Waals surface area (Å²) in [6, 6.07) is -0.264. The third kappa shape index (κ3) is 3.02. The van der Waals surface area contributed by atoms with Crippen molar-refractivity contribution in [3.8, 4) is 0 Å². The van der Waals surface area contributed by atoms with Crippen molar-refractivity contribution < 1.29 is 14.3 Å². The van der Waals surface area contributed by atoms with Gasteiger partial charge in [0.1, 0.15) is 17.9 Å². The minimum atomic E-state index is -0.172. The lowest BCUT2D eigenvalue weighted by atomic mass is 9.82. The quantitative estimate of drug-likeness (QED) is 0.779. The van der Waals surface area contributed by atoms with E-state index >= 15 is 0 Å². The van der Waals surface area contributed by atoms with Gasteiger partial charge in [0, 0.05) is 12.8 Å². The van der Waals surface area contributed by atoms with Gasteiger partial charge in [0.25, 0.3) is 0 Å². The molecule has 0 unspecified atom stereocenters. The number of hydrogen-bond donors (Lipinski definition) is 0. The van der Waals surface area contributed by atoms with E-state index in [1.165, 1.54) is 0 Å². The summed E-state index contributed by atoms with van der Waals surface area (Å²) in [7, 11) is 3.26. The molecule has 0 aromatic heterocycles. The van der Waals surface area contributed by atoms with Crippen molar-refractivity contribution in [1.29, 1.82) is 0 Å². The number of ether oxygens (including phenoxy) is 2. The lowest BCUT2D eigenvalue weighted by Gasteiger charge is -2.32. The normalized spacial score (nSPS) is 30.9. The number of nitrogens with zero attached hydrogens (tertiary/aromatic N) is 2. The third-order valence-corrected chi connectivity index (χ3v) is 4.06. The predicted octanol–water partition coefficient (Wildman–Crippen LogP) is 2.24. The van der Waals surface area contributed by atoms with E-state index in [9.17, 15) is 4.79 Å². The smallest absolute Gasteiger partial charge is 0.209 e. The Morgan fingerprint density at radius 2 is 1.85 bits per heavy atom. The van der Waals surface area contributed by atoms with E-state index in [0.717, 1.165) is 12.8 Å². The van der Waals surface area contributed by atoms with Gasteiger partial charge in [0.05, 0.1) is 14.2 Å². The molecule has 2 rings (SSSR count).